The molecule has 4 bridgehead atoms. The van der Waals surface area contributed by atoms with Crippen LogP contribution in [0.1, 0.15) is 57.8 Å². The van der Waals surface area contributed by atoms with Gasteiger partial charge >= 0.3 is 11.9 Å². The van der Waals surface area contributed by atoms with Gasteiger partial charge in [0.1, 0.15) is 0 Å². The molecule has 0 N–H and O–H groups in total. The highest BCUT2D eigenvalue weighted by Gasteiger charge is 2.51. The van der Waals surface area contributed by atoms with Gasteiger partial charge in [-0.25, -0.2) is 0 Å². The van der Waals surface area contributed by atoms with Crippen LogP contribution in [0.15, 0.2) is 0 Å². The minimum Gasteiger partial charge on any atom is -0.466 e. The van der Waals surface area contributed by atoms with Crippen molar-refractivity contribution >= 4 is 11.9 Å². The molecule has 5 rings (SSSR count). The molecule has 0 amide bonds. The summed E-state index contributed by atoms with van der Waals surface area (Å²) in [5.41, 5.74) is 0.224. The Morgan fingerprint density at radius 2 is 1.58 bits per heavy atom. The summed E-state index contributed by atoms with van der Waals surface area (Å²) in [6.45, 7) is 9.66. The van der Waals surface area contributed by atoms with E-state index in [9.17, 15) is 9.59 Å². The van der Waals surface area contributed by atoms with Crippen molar-refractivity contribution in [3.05, 3.63) is 6.92 Å². The average Bonchev–Trinajstić information content (AvgIpc) is 2.70. The number of hydrogen-bond donors (Lipinski definition) is 0. The normalized spacial score (nSPS) is 33.9. The smallest absolute Gasteiger partial charge is 0.307 e. The van der Waals surface area contributed by atoms with Crippen LogP contribution in [-0.4, -0.2) is 74.7 Å². The fraction of sp³-hybridized carbons (Fsp3) is 0.880. The summed E-state index contributed by atoms with van der Waals surface area (Å²) in [4.78, 5) is 29.1. The highest BCUT2D eigenvalue weighted by molar-refractivity contribution is 5.70. The van der Waals surface area contributed by atoms with Gasteiger partial charge in [-0.05, 0) is 88.0 Å². The number of rotatable bonds is 10. The van der Waals surface area contributed by atoms with Gasteiger partial charge in [0.15, 0.2) is 0 Å². The molecule has 1 atom stereocenters. The van der Waals surface area contributed by atoms with Gasteiger partial charge in [0.05, 0.1) is 26.1 Å². The molecule has 175 valence electrons. The fourth-order valence-corrected chi connectivity index (χ4v) is 6.89. The summed E-state index contributed by atoms with van der Waals surface area (Å²) in [6.07, 6.45) is 9.51. The molecule has 1 radical (unpaired) electrons. The molecule has 31 heavy (non-hydrogen) atoms. The Morgan fingerprint density at radius 3 is 2.19 bits per heavy atom. The molecule has 1 aliphatic heterocycles. The van der Waals surface area contributed by atoms with Crippen molar-refractivity contribution < 1.29 is 19.1 Å². The molecule has 4 saturated carbocycles. The van der Waals surface area contributed by atoms with E-state index < -0.39 is 0 Å². The van der Waals surface area contributed by atoms with Crippen LogP contribution in [0.4, 0.5) is 0 Å². The first-order valence-corrected chi connectivity index (χ1v) is 12.4. The average molecular weight is 434 g/mol. The lowest BCUT2D eigenvalue weighted by Crippen LogP contribution is -2.47. The summed E-state index contributed by atoms with van der Waals surface area (Å²) in [5, 5.41) is 0. The second-order valence-electron chi connectivity index (χ2n) is 11.0. The van der Waals surface area contributed by atoms with E-state index in [1.165, 1.54) is 38.5 Å². The molecule has 5 aliphatic rings. The van der Waals surface area contributed by atoms with Gasteiger partial charge in [0, 0.05) is 32.7 Å². The fourth-order valence-electron chi connectivity index (χ4n) is 6.89. The first kappa shape index (κ1) is 23.0. The number of carbonyl (C=O) groups is 2. The molecule has 0 aromatic heterocycles. The zero-order valence-electron chi connectivity index (χ0n) is 19.4. The maximum absolute atomic E-state index is 12.5. The minimum atomic E-state index is -0.148. The number of nitrogens with zero attached hydrogens (tertiary/aromatic N) is 2. The van der Waals surface area contributed by atoms with E-state index in [2.05, 4.69) is 23.8 Å². The van der Waals surface area contributed by atoms with E-state index in [4.69, 9.17) is 9.47 Å². The van der Waals surface area contributed by atoms with Gasteiger partial charge in [-0.1, -0.05) is 0 Å². The summed E-state index contributed by atoms with van der Waals surface area (Å²) >= 11 is 0. The third-order valence-corrected chi connectivity index (χ3v) is 8.18. The summed E-state index contributed by atoms with van der Waals surface area (Å²) < 4.78 is 10.9. The minimum absolute atomic E-state index is 0.0363. The topological polar surface area (TPSA) is 59.1 Å². The SMILES string of the molecule is [CH2]C(CCOC(=O)CCN1CCN(C)CC1)COC(=O)CC12CC3CC(CC(C3)C1)C2. The number of esters is 2. The summed E-state index contributed by atoms with van der Waals surface area (Å²) in [6, 6.07) is 0. The van der Waals surface area contributed by atoms with Crippen LogP contribution in [0.2, 0.25) is 0 Å². The number of piperazine rings is 1. The molecule has 1 heterocycles. The number of carbonyl (C=O) groups excluding carboxylic acids is 2. The molecule has 4 aliphatic carbocycles. The zero-order valence-corrected chi connectivity index (χ0v) is 19.4. The van der Waals surface area contributed by atoms with Gasteiger partial charge in [-0.3, -0.25) is 9.59 Å². The molecule has 0 spiro atoms. The van der Waals surface area contributed by atoms with Crippen molar-refractivity contribution in [1.82, 2.24) is 9.80 Å². The standard InChI is InChI=1S/C25H41N2O4/c1-19(4-10-30-23(28)3-5-27-8-6-26(2)7-9-27)18-31-24(29)17-25-14-20-11-21(15-25)13-22(12-20)16-25/h19-22H,1,3-18H2,2H3. The van der Waals surface area contributed by atoms with Crippen molar-refractivity contribution in [3.63, 3.8) is 0 Å². The Kier molecular flexibility index (Phi) is 7.58. The quantitative estimate of drug-likeness (QED) is 0.493. The van der Waals surface area contributed by atoms with Crippen LogP contribution in [0.5, 0.6) is 0 Å². The third kappa shape index (κ3) is 6.44. The Hall–Kier alpha value is -1.14. The molecule has 5 fully saturated rings. The second kappa shape index (κ2) is 10.2. The van der Waals surface area contributed by atoms with E-state index in [1.54, 1.807) is 0 Å². The largest absolute Gasteiger partial charge is 0.466 e. The highest BCUT2D eigenvalue weighted by atomic mass is 16.5. The third-order valence-electron chi connectivity index (χ3n) is 8.18. The van der Waals surface area contributed by atoms with Crippen LogP contribution < -0.4 is 0 Å². The van der Waals surface area contributed by atoms with Crippen LogP contribution in [-0.2, 0) is 19.1 Å². The zero-order chi connectivity index (χ0) is 21.8. The Morgan fingerprint density at radius 1 is 0.968 bits per heavy atom. The van der Waals surface area contributed by atoms with Crippen LogP contribution in [0.3, 0.4) is 0 Å². The lowest BCUT2D eigenvalue weighted by molar-refractivity contribution is -0.153. The predicted molar refractivity (Wildman–Crippen MR) is 119 cm³/mol. The molecule has 6 heteroatoms. The van der Waals surface area contributed by atoms with Crippen molar-refractivity contribution in [2.75, 3.05) is 53.0 Å². The first-order valence-electron chi connectivity index (χ1n) is 12.4. The molecule has 6 nitrogen and oxygen atoms in total. The van der Waals surface area contributed by atoms with E-state index in [1.807, 2.05) is 0 Å². The lowest BCUT2D eigenvalue weighted by atomic mass is 9.49. The molecule has 0 aromatic carbocycles. The molecular weight excluding hydrogens is 392 g/mol. The van der Waals surface area contributed by atoms with E-state index in [0.29, 0.717) is 32.5 Å². The Bertz CT molecular complexity index is 594. The lowest BCUT2D eigenvalue weighted by Gasteiger charge is -2.56. The maximum Gasteiger partial charge on any atom is 0.307 e. The van der Waals surface area contributed by atoms with Crippen LogP contribution >= 0.6 is 0 Å². The van der Waals surface area contributed by atoms with Crippen molar-refractivity contribution in [2.24, 2.45) is 29.1 Å². The van der Waals surface area contributed by atoms with E-state index in [0.717, 1.165) is 50.5 Å². The predicted octanol–water partition coefficient (Wildman–Crippen LogP) is 3.16. The Labute approximate surface area is 188 Å². The van der Waals surface area contributed by atoms with Crippen LogP contribution in [0.25, 0.3) is 0 Å². The molecule has 0 aromatic rings. The van der Waals surface area contributed by atoms with Crippen molar-refractivity contribution in [3.8, 4) is 0 Å². The number of ether oxygens (including phenoxy) is 2. The summed E-state index contributed by atoms with van der Waals surface area (Å²) in [5.74, 6) is 2.32. The van der Waals surface area contributed by atoms with Crippen LogP contribution in [0, 0.1) is 36.0 Å². The van der Waals surface area contributed by atoms with Gasteiger partial charge in [-0.2, -0.15) is 0 Å². The maximum atomic E-state index is 12.5. The molecular formula is C25H41N2O4. The van der Waals surface area contributed by atoms with Crippen molar-refractivity contribution in [1.29, 1.82) is 0 Å². The van der Waals surface area contributed by atoms with E-state index >= 15 is 0 Å². The molecule has 1 saturated heterocycles. The monoisotopic (exact) mass is 433 g/mol. The summed E-state index contributed by atoms with van der Waals surface area (Å²) in [7, 11) is 2.13. The van der Waals surface area contributed by atoms with Gasteiger partial charge < -0.3 is 19.3 Å². The van der Waals surface area contributed by atoms with Gasteiger partial charge in [0.25, 0.3) is 0 Å². The first-order chi connectivity index (χ1) is 14.9. The van der Waals surface area contributed by atoms with E-state index in [-0.39, 0.29) is 23.3 Å². The van der Waals surface area contributed by atoms with Gasteiger partial charge in [0.2, 0.25) is 0 Å². The molecule has 1 unspecified atom stereocenters. The second-order valence-corrected chi connectivity index (χ2v) is 11.0. The number of likely N-dealkylation sites (N-methyl/N-ethyl adjacent to an activating group) is 1. The van der Waals surface area contributed by atoms with Crippen molar-refractivity contribution in [2.45, 2.75) is 57.8 Å². The Balaban J connectivity index is 1.06. The highest BCUT2D eigenvalue weighted by Crippen LogP contribution is 2.61. The number of hydrogen-bond acceptors (Lipinski definition) is 6. The van der Waals surface area contributed by atoms with Gasteiger partial charge in [-0.15, -0.1) is 0 Å².